The summed E-state index contributed by atoms with van der Waals surface area (Å²) in [4.78, 5) is 6.50. The van der Waals surface area contributed by atoms with Crippen molar-refractivity contribution >= 4 is 5.82 Å². The van der Waals surface area contributed by atoms with Gasteiger partial charge in [0.25, 0.3) is 0 Å². The highest BCUT2D eigenvalue weighted by Gasteiger charge is 2.05. The zero-order valence-electron chi connectivity index (χ0n) is 11.1. The molecule has 0 bridgehead atoms. The number of aliphatic hydroxyl groups is 1. The van der Waals surface area contributed by atoms with Crippen molar-refractivity contribution < 1.29 is 9.84 Å². The summed E-state index contributed by atoms with van der Waals surface area (Å²) in [6.07, 6.45) is 0.259. The molecule has 0 saturated carbocycles. The van der Waals surface area contributed by atoms with Crippen molar-refractivity contribution in [2.24, 2.45) is 0 Å². The lowest BCUT2D eigenvalue weighted by atomic mass is 10.2. The average molecular weight is 238 g/mol. The zero-order chi connectivity index (χ0) is 12.8. The highest BCUT2D eigenvalue weighted by Crippen LogP contribution is 2.13. The third kappa shape index (κ3) is 4.32. The number of likely N-dealkylation sites (N-methyl/N-ethyl adjacent to an activating group) is 1. The summed E-state index contributed by atoms with van der Waals surface area (Å²) < 4.78 is 5.50. The van der Waals surface area contributed by atoms with Crippen LogP contribution >= 0.6 is 0 Å². The van der Waals surface area contributed by atoms with Gasteiger partial charge in [0.2, 0.25) is 0 Å². The van der Waals surface area contributed by atoms with E-state index in [1.807, 2.05) is 40.0 Å². The second kappa shape index (κ2) is 6.57. The van der Waals surface area contributed by atoms with E-state index in [4.69, 9.17) is 9.84 Å². The number of rotatable bonds is 6. The Morgan fingerprint density at radius 3 is 2.65 bits per heavy atom. The number of nitrogens with zero attached hydrogens (tertiary/aromatic N) is 2. The van der Waals surface area contributed by atoms with E-state index in [1.54, 1.807) is 0 Å². The summed E-state index contributed by atoms with van der Waals surface area (Å²) in [7, 11) is 1.99. The van der Waals surface area contributed by atoms with Crippen molar-refractivity contribution in [2.75, 3.05) is 25.1 Å². The predicted molar refractivity (Wildman–Crippen MR) is 69.3 cm³/mol. The van der Waals surface area contributed by atoms with E-state index in [0.29, 0.717) is 6.61 Å². The fourth-order valence-corrected chi connectivity index (χ4v) is 1.50. The molecule has 0 aliphatic rings. The fraction of sp³-hybridized carbons (Fsp3) is 0.615. The minimum Gasteiger partial charge on any atom is -0.392 e. The SMILES string of the molecule is Cc1nc(N(C)CCOC(C)C)ccc1CO. The first kappa shape index (κ1) is 13.9. The van der Waals surface area contributed by atoms with Gasteiger partial charge in [-0.3, -0.25) is 0 Å². The molecule has 4 nitrogen and oxygen atoms in total. The van der Waals surface area contributed by atoms with Gasteiger partial charge in [-0.05, 0) is 32.4 Å². The molecular formula is C13H22N2O2. The van der Waals surface area contributed by atoms with Gasteiger partial charge in [-0.15, -0.1) is 0 Å². The number of aromatic nitrogens is 1. The van der Waals surface area contributed by atoms with E-state index in [9.17, 15) is 0 Å². The van der Waals surface area contributed by atoms with Crippen LogP contribution in [-0.2, 0) is 11.3 Å². The molecule has 96 valence electrons. The molecule has 0 unspecified atom stereocenters. The van der Waals surface area contributed by atoms with Crippen molar-refractivity contribution in [2.45, 2.75) is 33.5 Å². The highest BCUT2D eigenvalue weighted by atomic mass is 16.5. The zero-order valence-corrected chi connectivity index (χ0v) is 11.1. The number of pyridine rings is 1. The Balaban J connectivity index is 2.57. The Labute approximate surface area is 103 Å². The molecule has 0 fully saturated rings. The van der Waals surface area contributed by atoms with Crippen LogP contribution in [0.4, 0.5) is 5.82 Å². The third-order valence-corrected chi connectivity index (χ3v) is 2.62. The number of aliphatic hydroxyl groups excluding tert-OH is 1. The standard InChI is InChI=1S/C13H22N2O2/c1-10(2)17-8-7-15(4)13-6-5-12(9-16)11(3)14-13/h5-6,10,16H,7-9H2,1-4H3. The highest BCUT2D eigenvalue weighted by molar-refractivity contribution is 5.40. The maximum atomic E-state index is 9.08. The second-order valence-electron chi connectivity index (χ2n) is 4.41. The molecule has 1 N–H and O–H groups in total. The van der Waals surface area contributed by atoms with E-state index >= 15 is 0 Å². The molecule has 0 spiro atoms. The first-order chi connectivity index (χ1) is 8.04. The van der Waals surface area contributed by atoms with Crippen molar-refractivity contribution in [3.8, 4) is 0 Å². The minimum absolute atomic E-state index is 0.0410. The number of hydrogen-bond donors (Lipinski definition) is 1. The molecule has 0 amide bonds. The van der Waals surface area contributed by atoms with Gasteiger partial charge in [0.15, 0.2) is 0 Å². The first-order valence-corrected chi connectivity index (χ1v) is 5.94. The molecule has 1 rings (SSSR count). The summed E-state index contributed by atoms with van der Waals surface area (Å²) in [6.45, 7) is 7.50. The molecule has 0 aliphatic carbocycles. The summed E-state index contributed by atoms with van der Waals surface area (Å²) in [5.74, 6) is 0.909. The largest absolute Gasteiger partial charge is 0.392 e. The molecule has 4 heteroatoms. The van der Waals surface area contributed by atoms with E-state index in [2.05, 4.69) is 9.88 Å². The molecule has 0 atom stereocenters. The van der Waals surface area contributed by atoms with Gasteiger partial charge in [-0.25, -0.2) is 4.98 Å². The molecule has 0 aromatic carbocycles. The Morgan fingerprint density at radius 1 is 1.41 bits per heavy atom. The Kier molecular flexibility index (Phi) is 5.38. The number of ether oxygens (including phenoxy) is 1. The van der Waals surface area contributed by atoms with Crippen LogP contribution in [0.2, 0.25) is 0 Å². The summed E-state index contributed by atoms with van der Waals surface area (Å²) in [6, 6.07) is 3.84. The average Bonchev–Trinajstić information content (AvgIpc) is 2.28. The monoisotopic (exact) mass is 238 g/mol. The van der Waals surface area contributed by atoms with Crippen LogP contribution in [-0.4, -0.2) is 36.4 Å². The van der Waals surface area contributed by atoms with Crippen molar-refractivity contribution in [1.82, 2.24) is 4.98 Å². The molecule has 1 heterocycles. The maximum Gasteiger partial charge on any atom is 0.128 e. The summed E-state index contributed by atoms with van der Waals surface area (Å²) in [5.41, 5.74) is 1.75. The summed E-state index contributed by atoms with van der Waals surface area (Å²) in [5, 5.41) is 9.08. The van der Waals surface area contributed by atoms with E-state index in [0.717, 1.165) is 23.6 Å². The summed E-state index contributed by atoms with van der Waals surface area (Å²) >= 11 is 0. The molecule has 0 aliphatic heterocycles. The smallest absolute Gasteiger partial charge is 0.128 e. The lowest BCUT2D eigenvalue weighted by Gasteiger charge is -2.19. The van der Waals surface area contributed by atoms with Gasteiger partial charge in [-0.1, -0.05) is 6.07 Å². The fourth-order valence-electron chi connectivity index (χ4n) is 1.50. The van der Waals surface area contributed by atoms with Crippen molar-refractivity contribution in [3.63, 3.8) is 0 Å². The van der Waals surface area contributed by atoms with Crippen LogP contribution < -0.4 is 4.90 Å². The van der Waals surface area contributed by atoms with Crippen LogP contribution in [0.25, 0.3) is 0 Å². The van der Waals surface area contributed by atoms with Crippen LogP contribution in [0.5, 0.6) is 0 Å². The van der Waals surface area contributed by atoms with Gasteiger partial charge in [0, 0.05) is 19.3 Å². The Morgan fingerprint density at radius 2 is 2.12 bits per heavy atom. The number of hydrogen-bond acceptors (Lipinski definition) is 4. The lowest BCUT2D eigenvalue weighted by Crippen LogP contribution is -2.25. The van der Waals surface area contributed by atoms with Gasteiger partial charge in [-0.2, -0.15) is 0 Å². The normalized spacial score (nSPS) is 10.9. The quantitative estimate of drug-likeness (QED) is 0.820. The van der Waals surface area contributed by atoms with Crippen molar-refractivity contribution in [3.05, 3.63) is 23.4 Å². The van der Waals surface area contributed by atoms with Gasteiger partial charge < -0.3 is 14.7 Å². The van der Waals surface area contributed by atoms with Crippen LogP contribution in [0.3, 0.4) is 0 Å². The van der Waals surface area contributed by atoms with Gasteiger partial charge in [0.05, 0.1) is 19.3 Å². The Hall–Kier alpha value is -1.13. The second-order valence-corrected chi connectivity index (χ2v) is 4.41. The molecule has 1 aromatic heterocycles. The van der Waals surface area contributed by atoms with Gasteiger partial charge in [0.1, 0.15) is 5.82 Å². The molecule has 1 aromatic rings. The predicted octanol–water partition coefficient (Wildman–Crippen LogP) is 1.74. The molecule has 0 radical (unpaired) electrons. The molecular weight excluding hydrogens is 216 g/mol. The topological polar surface area (TPSA) is 45.6 Å². The van der Waals surface area contributed by atoms with Crippen molar-refractivity contribution in [1.29, 1.82) is 0 Å². The number of aryl methyl sites for hydroxylation is 1. The van der Waals surface area contributed by atoms with Crippen LogP contribution in [0, 0.1) is 6.92 Å². The third-order valence-electron chi connectivity index (χ3n) is 2.62. The minimum atomic E-state index is 0.0410. The Bertz CT molecular complexity index is 353. The first-order valence-electron chi connectivity index (χ1n) is 5.94. The maximum absolute atomic E-state index is 9.08. The number of anilines is 1. The van der Waals surface area contributed by atoms with Gasteiger partial charge >= 0.3 is 0 Å². The lowest BCUT2D eigenvalue weighted by molar-refractivity contribution is 0.0845. The van der Waals surface area contributed by atoms with Crippen LogP contribution in [0.15, 0.2) is 12.1 Å². The van der Waals surface area contributed by atoms with E-state index < -0.39 is 0 Å². The van der Waals surface area contributed by atoms with E-state index in [-0.39, 0.29) is 12.7 Å². The molecule has 17 heavy (non-hydrogen) atoms. The van der Waals surface area contributed by atoms with Crippen LogP contribution in [0.1, 0.15) is 25.1 Å². The molecule has 0 saturated heterocycles. The van der Waals surface area contributed by atoms with E-state index in [1.165, 1.54) is 0 Å².